The summed E-state index contributed by atoms with van der Waals surface area (Å²) in [6, 6.07) is 6.98. The van der Waals surface area contributed by atoms with E-state index in [1.165, 1.54) is 5.56 Å². The fourth-order valence-electron chi connectivity index (χ4n) is 3.98. The Balaban J connectivity index is 1.38. The highest BCUT2D eigenvalue weighted by molar-refractivity contribution is 9.10. The van der Waals surface area contributed by atoms with Gasteiger partial charge in [-0.15, -0.1) is 0 Å². The van der Waals surface area contributed by atoms with Crippen LogP contribution in [0.3, 0.4) is 0 Å². The number of nitrogens with one attached hydrogen (secondary N) is 2. The van der Waals surface area contributed by atoms with Crippen molar-refractivity contribution in [2.24, 2.45) is 0 Å². The summed E-state index contributed by atoms with van der Waals surface area (Å²) in [6.45, 7) is 5.48. The fourth-order valence-corrected chi connectivity index (χ4v) is 4.31. The number of amides is 1. The zero-order valence-electron chi connectivity index (χ0n) is 19.2. The van der Waals surface area contributed by atoms with Gasteiger partial charge in [-0.05, 0) is 74.8 Å². The summed E-state index contributed by atoms with van der Waals surface area (Å²) >= 11 is 3.42. The number of unbranched alkanes of at least 4 members (excludes halogenated alkanes) is 1. The van der Waals surface area contributed by atoms with Gasteiger partial charge in [0.05, 0.1) is 0 Å². The van der Waals surface area contributed by atoms with Gasteiger partial charge < -0.3 is 20.5 Å². The Morgan fingerprint density at radius 3 is 2.82 bits per heavy atom. The average Bonchev–Trinajstić information content (AvgIpc) is 2.80. The van der Waals surface area contributed by atoms with Crippen LogP contribution < -0.4 is 10.6 Å². The second-order valence-electron chi connectivity index (χ2n) is 8.43. The van der Waals surface area contributed by atoms with Crippen LogP contribution in [0.2, 0.25) is 0 Å². The van der Waals surface area contributed by atoms with Gasteiger partial charge in [-0.25, -0.2) is 9.78 Å². The third-order valence-electron chi connectivity index (χ3n) is 5.91. The van der Waals surface area contributed by atoms with Crippen molar-refractivity contribution in [2.45, 2.75) is 58.4 Å². The minimum Gasteiger partial charge on any atom is -0.480 e. The van der Waals surface area contributed by atoms with Gasteiger partial charge in [0.25, 0.3) is 5.91 Å². The molecule has 0 radical (unpaired) electrons. The van der Waals surface area contributed by atoms with E-state index in [0.717, 1.165) is 65.8 Å². The minimum atomic E-state index is -1.07. The number of aliphatic carboxylic acids is 1. The van der Waals surface area contributed by atoms with E-state index in [-0.39, 0.29) is 18.9 Å². The van der Waals surface area contributed by atoms with Crippen molar-refractivity contribution in [1.29, 1.82) is 0 Å². The smallest absolute Gasteiger partial charge is 0.326 e. The Hall–Kier alpha value is -2.45. The first-order chi connectivity index (χ1) is 15.9. The van der Waals surface area contributed by atoms with Crippen LogP contribution in [0.4, 0.5) is 5.82 Å². The molecule has 0 spiro atoms. The molecule has 1 aliphatic heterocycles. The van der Waals surface area contributed by atoms with Gasteiger partial charge >= 0.3 is 5.97 Å². The normalized spacial score (nSPS) is 13.7. The molecule has 1 atom stereocenters. The Morgan fingerprint density at radius 1 is 1.21 bits per heavy atom. The molecule has 178 valence electrons. The lowest BCUT2D eigenvalue weighted by Crippen LogP contribution is -2.42. The number of halogens is 1. The van der Waals surface area contributed by atoms with Crippen molar-refractivity contribution < 1.29 is 19.4 Å². The quantitative estimate of drug-likeness (QED) is 0.381. The Labute approximate surface area is 203 Å². The van der Waals surface area contributed by atoms with Gasteiger partial charge in [-0.3, -0.25) is 4.79 Å². The van der Waals surface area contributed by atoms with Gasteiger partial charge in [-0.1, -0.05) is 28.1 Å². The topological polar surface area (TPSA) is 101 Å². The Kier molecular flexibility index (Phi) is 9.26. The molecular weight excluding hydrogens is 486 g/mol. The number of carbonyl (C=O) groups is 2. The molecule has 0 saturated heterocycles. The second-order valence-corrected chi connectivity index (χ2v) is 9.28. The number of carboxylic acids is 1. The summed E-state index contributed by atoms with van der Waals surface area (Å²) in [5.41, 5.74) is 4.46. The summed E-state index contributed by atoms with van der Waals surface area (Å²) in [4.78, 5) is 29.0. The molecule has 2 heterocycles. The van der Waals surface area contributed by atoms with E-state index in [1.54, 1.807) is 0 Å². The molecule has 1 aliphatic rings. The number of aromatic nitrogens is 1. The van der Waals surface area contributed by atoms with Crippen molar-refractivity contribution in [3.8, 4) is 0 Å². The van der Waals surface area contributed by atoms with Crippen LogP contribution >= 0.6 is 15.9 Å². The van der Waals surface area contributed by atoms with E-state index in [4.69, 9.17) is 9.72 Å². The summed E-state index contributed by atoms with van der Waals surface area (Å²) < 4.78 is 6.46. The standard InChI is InChI=1S/C25H32BrN3O4/c1-16-8-11-20(26)17(2)22(16)24(30)29-21(25(31)32)12-15-33-14-4-3-7-19-10-9-18-6-5-13-27-23(18)28-19/h8-11,21H,3-7,12-15H2,1-2H3,(H,27,28)(H,29,30)(H,31,32)/t21-/m0/s1. The van der Waals surface area contributed by atoms with Crippen molar-refractivity contribution in [2.75, 3.05) is 25.1 Å². The number of fused-ring (bicyclic) bond motifs is 1. The molecule has 8 heteroatoms. The van der Waals surface area contributed by atoms with Crippen LogP contribution in [0, 0.1) is 13.8 Å². The van der Waals surface area contributed by atoms with Gasteiger partial charge in [0.15, 0.2) is 0 Å². The molecule has 0 bridgehead atoms. The Morgan fingerprint density at radius 2 is 2.03 bits per heavy atom. The maximum absolute atomic E-state index is 12.7. The monoisotopic (exact) mass is 517 g/mol. The number of anilines is 1. The number of hydrogen-bond donors (Lipinski definition) is 3. The molecule has 2 aromatic rings. The zero-order valence-corrected chi connectivity index (χ0v) is 20.8. The van der Waals surface area contributed by atoms with E-state index in [9.17, 15) is 14.7 Å². The molecule has 1 aromatic carbocycles. The van der Waals surface area contributed by atoms with Gasteiger partial charge in [0.1, 0.15) is 11.9 Å². The van der Waals surface area contributed by atoms with Gasteiger partial charge in [0.2, 0.25) is 0 Å². The molecule has 0 saturated carbocycles. The third-order valence-corrected chi connectivity index (χ3v) is 6.77. The largest absolute Gasteiger partial charge is 0.480 e. The number of hydrogen-bond acceptors (Lipinski definition) is 5. The number of benzene rings is 1. The number of rotatable bonds is 11. The predicted octanol–water partition coefficient (Wildman–Crippen LogP) is 4.43. The van der Waals surface area contributed by atoms with E-state index in [0.29, 0.717) is 12.2 Å². The number of aryl methyl sites for hydroxylation is 3. The second kappa shape index (κ2) is 12.1. The zero-order chi connectivity index (χ0) is 23.8. The predicted molar refractivity (Wildman–Crippen MR) is 132 cm³/mol. The van der Waals surface area contributed by atoms with Crippen molar-refractivity contribution >= 4 is 33.6 Å². The number of ether oxygens (including phenoxy) is 1. The lowest BCUT2D eigenvalue weighted by Gasteiger charge is -2.17. The SMILES string of the molecule is Cc1ccc(Br)c(C)c1C(=O)N[C@@H](CCOCCCCc1ccc2c(n1)NCCC2)C(=O)O. The molecule has 3 rings (SSSR count). The molecule has 7 nitrogen and oxygen atoms in total. The maximum Gasteiger partial charge on any atom is 0.326 e. The van der Waals surface area contributed by atoms with Crippen molar-refractivity contribution in [3.05, 3.63) is 56.7 Å². The minimum absolute atomic E-state index is 0.214. The fraction of sp³-hybridized carbons (Fsp3) is 0.480. The van der Waals surface area contributed by atoms with E-state index < -0.39 is 12.0 Å². The van der Waals surface area contributed by atoms with Crippen LogP contribution in [0.5, 0.6) is 0 Å². The molecule has 0 fully saturated rings. The lowest BCUT2D eigenvalue weighted by molar-refractivity contribution is -0.139. The first-order valence-electron chi connectivity index (χ1n) is 11.5. The molecular formula is C25H32BrN3O4. The maximum atomic E-state index is 12.7. The first-order valence-corrected chi connectivity index (χ1v) is 12.3. The summed E-state index contributed by atoms with van der Waals surface area (Å²) in [6.07, 6.45) is 5.16. The van der Waals surface area contributed by atoms with E-state index in [2.05, 4.69) is 38.7 Å². The summed E-state index contributed by atoms with van der Waals surface area (Å²) in [5, 5.41) is 15.5. The summed E-state index contributed by atoms with van der Waals surface area (Å²) in [7, 11) is 0. The van der Waals surface area contributed by atoms with Crippen LogP contribution in [0.1, 0.15) is 58.4 Å². The highest BCUT2D eigenvalue weighted by Crippen LogP contribution is 2.23. The lowest BCUT2D eigenvalue weighted by atomic mass is 10.0. The molecule has 0 unspecified atom stereocenters. The van der Waals surface area contributed by atoms with E-state index in [1.807, 2.05) is 26.0 Å². The van der Waals surface area contributed by atoms with Crippen LogP contribution in [0.25, 0.3) is 0 Å². The van der Waals surface area contributed by atoms with Gasteiger partial charge in [-0.2, -0.15) is 0 Å². The number of pyridine rings is 1. The number of carboxylic acid groups (broad SMARTS) is 1. The van der Waals surface area contributed by atoms with Crippen molar-refractivity contribution in [1.82, 2.24) is 10.3 Å². The molecule has 3 N–H and O–H groups in total. The van der Waals surface area contributed by atoms with Crippen LogP contribution in [0.15, 0.2) is 28.7 Å². The van der Waals surface area contributed by atoms with Crippen LogP contribution in [-0.4, -0.2) is 47.8 Å². The highest BCUT2D eigenvalue weighted by Gasteiger charge is 2.23. The van der Waals surface area contributed by atoms with Crippen LogP contribution in [-0.2, 0) is 22.4 Å². The molecule has 1 aromatic heterocycles. The number of carbonyl (C=O) groups excluding carboxylic acids is 1. The Bertz CT molecular complexity index is 996. The first kappa shape index (κ1) is 25.2. The van der Waals surface area contributed by atoms with Gasteiger partial charge in [0, 0.05) is 41.9 Å². The molecule has 0 aliphatic carbocycles. The number of nitrogens with zero attached hydrogens (tertiary/aromatic N) is 1. The molecule has 33 heavy (non-hydrogen) atoms. The van der Waals surface area contributed by atoms with Crippen molar-refractivity contribution in [3.63, 3.8) is 0 Å². The molecule has 1 amide bonds. The van der Waals surface area contributed by atoms with E-state index >= 15 is 0 Å². The average molecular weight is 518 g/mol. The summed E-state index contributed by atoms with van der Waals surface area (Å²) in [5.74, 6) is -0.430. The highest BCUT2D eigenvalue weighted by atomic mass is 79.9. The third kappa shape index (κ3) is 7.01.